The third-order valence-electron chi connectivity index (χ3n) is 3.65. The summed E-state index contributed by atoms with van der Waals surface area (Å²) < 4.78 is 31.1. The van der Waals surface area contributed by atoms with Gasteiger partial charge in [0.15, 0.2) is 0 Å². The van der Waals surface area contributed by atoms with E-state index in [0.29, 0.717) is 29.6 Å². The van der Waals surface area contributed by atoms with E-state index in [0.717, 1.165) is 5.52 Å². The summed E-state index contributed by atoms with van der Waals surface area (Å²) in [5.41, 5.74) is 2.77. The highest BCUT2D eigenvalue weighted by Crippen LogP contribution is 2.32. The minimum absolute atomic E-state index is 0.0688. The molecule has 3 rings (SSSR count). The lowest BCUT2D eigenvalue weighted by molar-refractivity contribution is -0.117. The number of fused-ring (bicyclic) bond motifs is 1. The van der Waals surface area contributed by atoms with Crippen molar-refractivity contribution in [3.63, 3.8) is 0 Å². The second kappa shape index (κ2) is 7.14. The maximum atomic E-state index is 12.5. The van der Waals surface area contributed by atoms with Crippen LogP contribution < -0.4 is 4.74 Å². The number of ketones is 1. The highest BCUT2D eigenvalue weighted by Gasteiger charge is 2.12. The lowest BCUT2D eigenvalue weighted by Crippen LogP contribution is -2.04. The van der Waals surface area contributed by atoms with Crippen LogP contribution in [0.15, 0.2) is 36.7 Å². The van der Waals surface area contributed by atoms with Crippen LogP contribution in [0.5, 0.6) is 5.75 Å². The fraction of sp³-hybridized carbons (Fsp3) is 0.235. The van der Waals surface area contributed by atoms with Crippen LogP contribution in [0.4, 0.5) is 8.78 Å². The van der Waals surface area contributed by atoms with Gasteiger partial charge in [0.1, 0.15) is 17.0 Å². The van der Waals surface area contributed by atoms with Crippen LogP contribution in [0.2, 0.25) is 5.02 Å². The van der Waals surface area contributed by atoms with E-state index in [1.165, 1.54) is 19.1 Å². The van der Waals surface area contributed by atoms with Crippen LogP contribution in [0.25, 0.3) is 22.2 Å². The van der Waals surface area contributed by atoms with E-state index in [9.17, 15) is 13.6 Å². The molecule has 0 aliphatic heterocycles. The summed E-state index contributed by atoms with van der Waals surface area (Å²) in [7, 11) is 0. The zero-order chi connectivity index (χ0) is 18.0. The number of aromatic nitrogens is 3. The Kier molecular flexibility index (Phi) is 4.94. The lowest BCUT2D eigenvalue weighted by atomic mass is 10.1. The number of alkyl halides is 2. The van der Waals surface area contributed by atoms with Gasteiger partial charge in [0.05, 0.1) is 16.7 Å². The lowest BCUT2D eigenvalue weighted by Gasteiger charge is -2.09. The molecule has 0 atom stereocenters. The zero-order valence-corrected chi connectivity index (χ0v) is 14.0. The van der Waals surface area contributed by atoms with E-state index in [-0.39, 0.29) is 16.6 Å². The van der Waals surface area contributed by atoms with Crippen molar-refractivity contribution in [2.75, 3.05) is 0 Å². The van der Waals surface area contributed by atoms with Crippen LogP contribution in [0.1, 0.15) is 13.3 Å². The molecule has 5 nitrogen and oxygen atoms in total. The van der Waals surface area contributed by atoms with Gasteiger partial charge in [0.2, 0.25) is 0 Å². The first kappa shape index (κ1) is 17.3. The van der Waals surface area contributed by atoms with Gasteiger partial charge in [-0.05, 0) is 30.7 Å². The number of nitrogens with zero attached hydrogens (tertiary/aromatic N) is 3. The molecule has 1 aromatic carbocycles. The fourth-order valence-corrected chi connectivity index (χ4v) is 2.59. The third kappa shape index (κ3) is 3.93. The Morgan fingerprint density at radius 1 is 1.28 bits per heavy atom. The topological polar surface area (TPSA) is 57.0 Å². The van der Waals surface area contributed by atoms with Crippen molar-refractivity contribution in [2.24, 2.45) is 0 Å². The second-order valence-electron chi connectivity index (χ2n) is 5.47. The minimum atomic E-state index is -2.96. The van der Waals surface area contributed by atoms with Crippen molar-refractivity contribution in [1.29, 1.82) is 0 Å². The maximum Gasteiger partial charge on any atom is 0.387 e. The molecule has 130 valence electrons. The Bertz CT molecular complexity index is 927. The molecule has 25 heavy (non-hydrogen) atoms. The normalized spacial score (nSPS) is 11.2. The molecule has 2 heterocycles. The van der Waals surface area contributed by atoms with Crippen molar-refractivity contribution < 1.29 is 18.3 Å². The van der Waals surface area contributed by atoms with Crippen LogP contribution in [0, 0.1) is 0 Å². The molecular weight excluding hydrogens is 352 g/mol. The first-order valence-electron chi connectivity index (χ1n) is 7.50. The van der Waals surface area contributed by atoms with Gasteiger partial charge in [-0.3, -0.25) is 14.5 Å². The molecule has 0 unspecified atom stereocenters. The first-order valence-corrected chi connectivity index (χ1v) is 7.87. The molecule has 0 radical (unpaired) electrons. The molecule has 8 heteroatoms. The largest absolute Gasteiger partial charge is 0.433 e. The van der Waals surface area contributed by atoms with Gasteiger partial charge in [-0.15, -0.1) is 0 Å². The van der Waals surface area contributed by atoms with E-state index in [2.05, 4.69) is 14.8 Å². The number of pyridine rings is 1. The van der Waals surface area contributed by atoms with Gasteiger partial charge in [-0.1, -0.05) is 17.7 Å². The molecule has 0 saturated heterocycles. The number of rotatable bonds is 6. The summed E-state index contributed by atoms with van der Waals surface area (Å²) >= 11 is 5.88. The van der Waals surface area contributed by atoms with Gasteiger partial charge in [0.25, 0.3) is 0 Å². The average Bonchev–Trinajstić information content (AvgIpc) is 2.97. The van der Waals surface area contributed by atoms with Crippen LogP contribution in [-0.2, 0) is 11.3 Å². The van der Waals surface area contributed by atoms with Crippen molar-refractivity contribution in [1.82, 2.24) is 14.8 Å². The standard InChI is InChI=1S/C17H14ClF2N3O2/c1-10(24)4-5-23-15-6-12(8-21-14(15)9-22-23)11-2-3-13(18)16(7-11)25-17(19)20/h2-3,6-9,17H,4-5H2,1H3. The smallest absolute Gasteiger partial charge is 0.387 e. The van der Waals surface area contributed by atoms with Gasteiger partial charge < -0.3 is 4.74 Å². The quantitative estimate of drug-likeness (QED) is 0.652. The highest BCUT2D eigenvalue weighted by atomic mass is 35.5. The summed E-state index contributed by atoms with van der Waals surface area (Å²) in [5, 5.41) is 4.33. The number of aryl methyl sites for hydroxylation is 1. The zero-order valence-electron chi connectivity index (χ0n) is 13.2. The van der Waals surface area contributed by atoms with Crippen molar-refractivity contribution >= 4 is 28.4 Å². The molecule has 0 fully saturated rings. The molecule has 0 bridgehead atoms. The van der Waals surface area contributed by atoms with E-state index in [1.807, 2.05) is 6.07 Å². The molecule has 2 aromatic heterocycles. The number of carbonyl (C=O) groups excluding carboxylic acids is 1. The Hall–Kier alpha value is -2.54. The van der Waals surface area contributed by atoms with Crippen LogP contribution in [0.3, 0.4) is 0 Å². The molecule has 0 N–H and O–H groups in total. The second-order valence-corrected chi connectivity index (χ2v) is 5.88. The molecule has 0 spiro atoms. The van der Waals surface area contributed by atoms with E-state index >= 15 is 0 Å². The monoisotopic (exact) mass is 365 g/mol. The Morgan fingerprint density at radius 2 is 2.08 bits per heavy atom. The third-order valence-corrected chi connectivity index (χ3v) is 3.96. The van der Waals surface area contributed by atoms with E-state index in [4.69, 9.17) is 11.6 Å². The van der Waals surface area contributed by atoms with Gasteiger partial charge >= 0.3 is 6.61 Å². The minimum Gasteiger partial charge on any atom is -0.433 e. The molecule has 0 saturated carbocycles. The molecule has 0 amide bonds. The predicted molar refractivity (Wildman–Crippen MR) is 89.9 cm³/mol. The number of benzene rings is 1. The van der Waals surface area contributed by atoms with Crippen molar-refractivity contribution in [3.8, 4) is 16.9 Å². The summed E-state index contributed by atoms with van der Waals surface area (Å²) in [6, 6.07) is 6.46. The fourth-order valence-electron chi connectivity index (χ4n) is 2.43. The Morgan fingerprint density at radius 3 is 2.80 bits per heavy atom. The highest BCUT2D eigenvalue weighted by molar-refractivity contribution is 6.32. The number of Topliss-reactive ketones (excluding diaryl/α,β-unsaturated/α-hetero) is 1. The number of ether oxygens (including phenoxy) is 1. The molecule has 3 aromatic rings. The Balaban J connectivity index is 1.98. The average molecular weight is 366 g/mol. The Labute approximate surface area is 147 Å². The number of hydrogen-bond donors (Lipinski definition) is 0. The van der Waals surface area contributed by atoms with Crippen molar-refractivity contribution in [2.45, 2.75) is 26.5 Å². The van der Waals surface area contributed by atoms with Crippen LogP contribution >= 0.6 is 11.6 Å². The van der Waals surface area contributed by atoms with E-state index < -0.39 is 6.61 Å². The molecular formula is C17H14ClF2N3O2. The molecule has 0 aliphatic rings. The summed E-state index contributed by atoms with van der Waals surface area (Å²) in [6.45, 7) is -0.987. The van der Waals surface area contributed by atoms with Gasteiger partial charge in [0, 0.05) is 24.7 Å². The van der Waals surface area contributed by atoms with E-state index in [1.54, 1.807) is 23.1 Å². The summed E-state index contributed by atoms with van der Waals surface area (Å²) in [5.74, 6) is -0.0291. The molecule has 0 aliphatic carbocycles. The maximum absolute atomic E-state index is 12.5. The van der Waals surface area contributed by atoms with Crippen LogP contribution in [-0.4, -0.2) is 27.2 Å². The SMILES string of the molecule is CC(=O)CCn1ncc2ncc(-c3ccc(Cl)c(OC(F)F)c3)cc21. The van der Waals surface area contributed by atoms with Crippen molar-refractivity contribution in [3.05, 3.63) is 41.7 Å². The number of carbonyl (C=O) groups is 1. The van der Waals surface area contributed by atoms with Gasteiger partial charge in [-0.25, -0.2) is 0 Å². The predicted octanol–water partition coefficient (Wildman–Crippen LogP) is 4.33. The summed E-state index contributed by atoms with van der Waals surface area (Å²) in [4.78, 5) is 15.5. The van der Waals surface area contributed by atoms with Gasteiger partial charge in [-0.2, -0.15) is 13.9 Å². The summed E-state index contributed by atoms with van der Waals surface area (Å²) in [6.07, 6.45) is 3.61. The first-order chi connectivity index (χ1) is 11.9. The number of hydrogen-bond acceptors (Lipinski definition) is 4. The number of halogens is 3.